The number of carbonyl (C=O) groups excluding carboxylic acids is 1. The molecule has 0 atom stereocenters. The van der Waals surface area contributed by atoms with Crippen LogP contribution in [0.1, 0.15) is 27.2 Å². The molecular weight excluding hydrogens is 378 g/mol. The van der Waals surface area contributed by atoms with Gasteiger partial charge in [0.05, 0.1) is 12.8 Å². The standard InChI is InChI=1S/C24H23N3O3/c1-17-6-11-23-26-20(15-27(23)14-17)16-30-22-5-3-4-19(12-22)24(28)25-13-18-7-9-21(29-2)10-8-18/h3-12,14-15H,13,16H2,1-2H3,(H,25,28). The number of rotatable bonds is 7. The van der Waals surface area contributed by atoms with E-state index in [-0.39, 0.29) is 5.91 Å². The van der Waals surface area contributed by atoms with Crippen molar-refractivity contribution in [3.8, 4) is 11.5 Å². The van der Waals surface area contributed by atoms with Crippen LogP contribution in [0, 0.1) is 6.92 Å². The van der Waals surface area contributed by atoms with E-state index in [0.717, 1.165) is 22.7 Å². The highest BCUT2D eigenvalue weighted by atomic mass is 16.5. The number of methoxy groups -OCH3 is 1. The highest BCUT2D eigenvalue weighted by Crippen LogP contribution is 2.16. The Balaban J connectivity index is 1.36. The summed E-state index contributed by atoms with van der Waals surface area (Å²) in [5.74, 6) is 1.26. The minimum atomic E-state index is -0.153. The Morgan fingerprint density at radius 1 is 1.03 bits per heavy atom. The first-order valence-corrected chi connectivity index (χ1v) is 9.69. The molecule has 2 aromatic heterocycles. The molecule has 4 rings (SSSR count). The van der Waals surface area contributed by atoms with Crippen molar-refractivity contribution in [2.75, 3.05) is 7.11 Å². The van der Waals surface area contributed by atoms with E-state index in [1.54, 1.807) is 19.2 Å². The zero-order valence-electron chi connectivity index (χ0n) is 17.0. The van der Waals surface area contributed by atoms with Gasteiger partial charge in [0.15, 0.2) is 0 Å². The molecule has 2 aromatic carbocycles. The smallest absolute Gasteiger partial charge is 0.251 e. The van der Waals surface area contributed by atoms with Gasteiger partial charge in [-0.3, -0.25) is 4.79 Å². The number of amides is 1. The summed E-state index contributed by atoms with van der Waals surface area (Å²) in [6, 6.07) is 18.8. The summed E-state index contributed by atoms with van der Waals surface area (Å²) < 4.78 is 13.0. The molecule has 0 saturated heterocycles. The van der Waals surface area contributed by atoms with E-state index >= 15 is 0 Å². The van der Waals surface area contributed by atoms with Crippen molar-refractivity contribution in [3.63, 3.8) is 0 Å². The van der Waals surface area contributed by atoms with Gasteiger partial charge in [-0.1, -0.05) is 24.3 Å². The number of ether oxygens (including phenoxy) is 2. The normalized spacial score (nSPS) is 10.7. The third-order valence-electron chi connectivity index (χ3n) is 4.74. The Kier molecular flexibility index (Phi) is 5.66. The van der Waals surface area contributed by atoms with Crippen LogP contribution in [0.2, 0.25) is 0 Å². The number of carbonyl (C=O) groups is 1. The summed E-state index contributed by atoms with van der Waals surface area (Å²) in [5, 5.41) is 2.93. The summed E-state index contributed by atoms with van der Waals surface area (Å²) in [6.07, 6.45) is 3.98. The summed E-state index contributed by atoms with van der Waals surface area (Å²) >= 11 is 0. The lowest BCUT2D eigenvalue weighted by atomic mass is 10.2. The number of fused-ring (bicyclic) bond motifs is 1. The number of imidazole rings is 1. The summed E-state index contributed by atoms with van der Waals surface area (Å²) in [6.45, 7) is 2.81. The van der Waals surface area contributed by atoms with E-state index in [4.69, 9.17) is 9.47 Å². The molecule has 0 aliphatic carbocycles. The Morgan fingerprint density at radius 2 is 1.87 bits per heavy atom. The van der Waals surface area contributed by atoms with Gasteiger partial charge in [-0.05, 0) is 54.4 Å². The molecule has 1 N–H and O–H groups in total. The molecule has 0 radical (unpaired) electrons. The quantitative estimate of drug-likeness (QED) is 0.505. The van der Waals surface area contributed by atoms with Crippen LogP contribution >= 0.6 is 0 Å². The van der Waals surface area contributed by atoms with Crippen LogP contribution in [0.15, 0.2) is 73.1 Å². The number of nitrogens with one attached hydrogen (secondary N) is 1. The van der Waals surface area contributed by atoms with Crippen molar-refractivity contribution in [1.29, 1.82) is 0 Å². The lowest BCUT2D eigenvalue weighted by molar-refractivity contribution is 0.0950. The van der Waals surface area contributed by atoms with Crippen LogP contribution < -0.4 is 14.8 Å². The minimum Gasteiger partial charge on any atom is -0.497 e. The SMILES string of the molecule is COc1ccc(CNC(=O)c2cccc(OCc3cn4cc(C)ccc4n3)c2)cc1. The van der Waals surface area contributed by atoms with E-state index in [1.165, 1.54) is 5.56 Å². The van der Waals surface area contributed by atoms with Crippen molar-refractivity contribution < 1.29 is 14.3 Å². The Bertz CT molecular complexity index is 1170. The van der Waals surface area contributed by atoms with Gasteiger partial charge in [-0.15, -0.1) is 0 Å². The second-order valence-electron chi connectivity index (χ2n) is 7.05. The number of aryl methyl sites for hydroxylation is 1. The molecule has 0 aliphatic rings. The predicted molar refractivity (Wildman–Crippen MR) is 115 cm³/mol. The molecule has 4 aromatic rings. The van der Waals surface area contributed by atoms with Gasteiger partial charge in [0.25, 0.3) is 5.91 Å². The van der Waals surface area contributed by atoms with Crippen LogP contribution in [0.5, 0.6) is 11.5 Å². The molecule has 0 bridgehead atoms. The summed E-state index contributed by atoms with van der Waals surface area (Å²) in [4.78, 5) is 17.1. The van der Waals surface area contributed by atoms with Crippen LogP contribution in [-0.4, -0.2) is 22.4 Å². The largest absolute Gasteiger partial charge is 0.497 e. The lowest BCUT2D eigenvalue weighted by Crippen LogP contribution is -2.22. The molecule has 0 aliphatic heterocycles. The van der Waals surface area contributed by atoms with E-state index in [1.807, 2.05) is 72.2 Å². The topological polar surface area (TPSA) is 64.9 Å². The molecule has 2 heterocycles. The zero-order chi connectivity index (χ0) is 20.9. The van der Waals surface area contributed by atoms with Crippen LogP contribution in [0.25, 0.3) is 5.65 Å². The highest BCUT2D eigenvalue weighted by Gasteiger charge is 2.08. The first-order valence-electron chi connectivity index (χ1n) is 9.69. The minimum absolute atomic E-state index is 0.153. The van der Waals surface area contributed by atoms with Crippen LogP contribution in [-0.2, 0) is 13.2 Å². The Hall–Kier alpha value is -3.80. The number of benzene rings is 2. The van der Waals surface area contributed by atoms with E-state index in [2.05, 4.69) is 10.3 Å². The van der Waals surface area contributed by atoms with Crippen molar-refractivity contribution >= 4 is 11.6 Å². The fraction of sp³-hybridized carbons (Fsp3) is 0.167. The second kappa shape index (κ2) is 8.69. The average molecular weight is 401 g/mol. The zero-order valence-corrected chi connectivity index (χ0v) is 17.0. The van der Waals surface area contributed by atoms with Crippen LogP contribution in [0.4, 0.5) is 0 Å². The first kappa shape index (κ1) is 19.5. The molecule has 1 amide bonds. The van der Waals surface area contributed by atoms with Crippen molar-refractivity contribution in [2.45, 2.75) is 20.1 Å². The maximum absolute atomic E-state index is 12.5. The molecule has 0 unspecified atom stereocenters. The molecule has 0 saturated carbocycles. The fourth-order valence-corrected chi connectivity index (χ4v) is 3.14. The summed E-state index contributed by atoms with van der Waals surface area (Å²) in [7, 11) is 1.63. The van der Waals surface area contributed by atoms with E-state index < -0.39 is 0 Å². The molecule has 152 valence electrons. The van der Waals surface area contributed by atoms with Gasteiger partial charge < -0.3 is 19.2 Å². The molecule has 0 spiro atoms. The van der Waals surface area contributed by atoms with Gasteiger partial charge in [-0.25, -0.2) is 4.98 Å². The second-order valence-corrected chi connectivity index (χ2v) is 7.05. The molecular formula is C24H23N3O3. The highest BCUT2D eigenvalue weighted by molar-refractivity contribution is 5.94. The maximum atomic E-state index is 12.5. The fourth-order valence-electron chi connectivity index (χ4n) is 3.14. The monoisotopic (exact) mass is 401 g/mol. The number of pyridine rings is 1. The van der Waals surface area contributed by atoms with Gasteiger partial charge in [0, 0.05) is 24.5 Å². The van der Waals surface area contributed by atoms with Crippen LogP contribution in [0.3, 0.4) is 0 Å². The van der Waals surface area contributed by atoms with Crippen molar-refractivity contribution in [2.24, 2.45) is 0 Å². The third-order valence-corrected chi connectivity index (χ3v) is 4.74. The summed E-state index contributed by atoms with van der Waals surface area (Å²) in [5.41, 5.74) is 4.42. The number of nitrogens with zero attached hydrogens (tertiary/aromatic N) is 2. The van der Waals surface area contributed by atoms with Gasteiger partial charge in [0.1, 0.15) is 23.8 Å². The number of aromatic nitrogens is 2. The third kappa shape index (κ3) is 4.60. The average Bonchev–Trinajstić information content (AvgIpc) is 3.18. The predicted octanol–water partition coefficient (Wildman–Crippen LogP) is 4.16. The van der Waals surface area contributed by atoms with Crippen molar-refractivity contribution in [3.05, 3.63) is 95.4 Å². The number of hydrogen-bond acceptors (Lipinski definition) is 4. The number of hydrogen-bond donors (Lipinski definition) is 1. The van der Waals surface area contributed by atoms with E-state index in [9.17, 15) is 4.79 Å². The van der Waals surface area contributed by atoms with Gasteiger partial charge >= 0.3 is 0 Å². The van der Waals surface area contributed by atoms with Crippen molar-refractivity contribution in [1.82, 2.24) is 14.7 Å². The Morgan fingerprint density at radius 3 is 2.67 bits per heavy atom. The lowest BCUT2D eigenvalue weighted by Gasteiger charge is -2.08. The molecule has 6 nitrogen and oxygen atoms in total. The molecule has 6 heteroatoms. The Labute approximate surface area is 175 Å². The van der Waals surface area contributed by atoms with Gasteiger partial charge in [0.2, 0.25) is 0 Å². The van der Waals surface area contributed by atoms with Gasteiger partial charge in [-0.2, -0.15) is 0 Å². The van der Waals surface area contributed by atoms with E-state index in [0.29, 0.717) is 24.5 Å². The first-order chi connectivity index (χ1) is 14.6. The maximum Gasteiger partial charge on any atom is 0.251 e. The molecule has 0 fully saturated rings. The molecule has 30 heavy (non-hydrogen) atoms.